The molecule has 1 amide bonds. The summed E-state index contributed by atoms with van der Waals surface area (Å²) in [5.74, 6) is 0.543. The number of halogens is 1. The highest BCUT2D eigenvalue weighted by molar-refractivity contribution is 5.81. The van der Waals surface area contributed by atoms with Gasteiger partial charge in [-0.25, -0.2) is 14.4 Å². The lowest BCUT2D eigenvalue weighted by Gasteiger charge is -2.33. The number of piperidine rings is 1. The summed E-state index contributed by atoms with van der Waals surface area (Å²) in [5.41, 5.74) is 7.39. The van der Waals surface area contributed by atoms with Gasteiger partial charge in [-0.15, -0.1) is 0 Å². The van der Waals surface area contributed by atoms with Gasteiger partial charge in [0.1, 0.15) is 11.6 Å². The normalized spacial score (nSPS) is 15.8. The first-order valence-electron chi connectivity index (χ1n) is 9.58. The molecular weight excluding hydrogens is 357 g/mol. The monoisotopic (exact) mass is 381 g/mol. The van der Waals surface area contributed by atoms with E-state index in [9.17, 15) is 9.18 Å². The second kappa shape index (κ2) is 9.38. The standard InChI is InChI=1S/C21H24FN5O/c22-17-5-3-4-16(14-17)19-7-11-25-20(26-19)15-8-12-27(13-9-15)21(28)18(24)6-1-2-10-23/h3-5,7,11,14-15,18H,1-2,6,8-9,12-13,24H2. The number of aromatic nitrogens is 2. The van der Waals surface area contributed by atoms with E-state index in [0.29, 0.717) is 38.0 Å². The minimum atomic E-state index is -0.544. The van der Waals surface area contributed by atoms with Crippen molar-refractivity contribution in [3.05, 3.63) is 48.2 Å². The van der Waals surface area contributed by atoms with Crippen LogP contribution >= 0.6 is 0 Å². The lowest BCUT2D eigenvalue weighted by atomic mass is 9.95. The predicted octanol–water partition coefficient (Wildman–Crippen LogP) is 3.01. The van der Waals surface area contributed by atoms with Crippen molar-refractivity contribution >= 4 is 5.91 Å². The Hall–Kier alpha value is -2.85. The van der Waals surface area contributed by atoms with E-state index in [1.807, 2.05) is 6.07 Å². The number of unbranched alkanes of at least 4 members (excludes halogenated alkanes) is 1. The van der Waals surface area contributed by atoms with E-state index >= 15 is 0 Å². The van der Waals surface area contributed by atoms with Crippen molar-refractivity contribution in [2.75, 3.05) is 13.1 Å². The average molecular weight is 381 g/mol. The van der Waals surface area contributed by atoms with Crippen LogP contribution in [0, 0.1) is 17.1 Å². The van der Waals surface area contributed by atoms with E-state index in [-0.39, 0.29) is 17.6 Å². The molecule has 146 valence electrons. The topological polar surface area (TPSA) is 95.9 Å². The number of nitriles is 1. The Bertz CT molecular complexity index is 858. The summed E-state index contributed by atoms with van der Waals surface area (Å²) in [5, 5.41) is 8.59. The Labute approximate surface area is 164 Å². The first-order chi connectivity index (χ1) is 13.6. The van der Waals surface area contributed by atoms with Crippen molar-refractivity contribution in [1.29, 1.82) is 5.26 Å². The van der Waals surface area contributed by atoms with Gasteiger partial charge in [-0.2, -0.15) is 5.26 Å². The molecule has 28 heavy (non-hydrogen) atoms. The van der Waals surface area contributed by atoms with Gasteiger partial charge in [0, 0.05) is 37.2 Å². The summed E-state index contributed by atoms with van der Waals surface area (Å²) in [4.78, 5) is 23.3. The Kier molecular flexibility index (Phi) is 6.66. The molecule has 0 radical (unpaired) electrons. The van der Waals surface area contributed by atoms with Crippen LogP contribution in [0.15, 0.2) is 36.5 Å². The number of nitrogens with two attached hydrogens (primary N) is 1. The number of amides is 1. The Morgan fingerprint density at radius 3 is 2.86 bits per heavy atom. The zero-order chi connectivity index (χ0) is 19.9. The number of hydrogen-bond acceptors (Lipinski definition) is 5. The summed E-state index contributed by atoms with van der Waals surface area (Å²) in [6, 6.07) is 9.65. The van der Waals surface area contributed by atoms with Crippen LogP contribution in [0.1, 0.15) is 43.8 Å². The van der Waals surface area contributed by atoms with Gasteiger partial charge in [0.05, 0.1) is 17.8 Å². The lowest BCUT2D eigenvalue weighted by molar-refractivity contribution is -0.133. The second-order valence-corrected chi connectivity index (χ2v) is 7.07. The smallest absolute Gasteiger partial charge is 0.239 e. The molecule has 1 unspecified atom stereocenters. The first-order valence-corrected chi connectivity index (χ1v) is 9.58. The molecule has 2 N–H and O–H groups in total. The third kappa shape index (κ3) is 4.90. The maximum Gasteiger partial charge on any atom is 0.239 e. The molecule has 0 aliphatic carbocycles. The van der Waals surface area contributed by atoms with E-state index in [0.717, 1.165) is 24.2 Å². The quantitative estimate of drug-likeness (QED) is 0.776. The van der Waals surface area contributed by atoms with Gasteiger partial charge in [-0.05, 0) is 43.9 Å². The Balaban J connectivity index is 1.60. The molecule has 1 fully saturated rings. The lowest BCUT2D eigenvalue weighted by Crippen LogP contribution is -2.47. The fourth-order valence-corrected chi connectivity index (χ4v) is 3.50. The minimum Gasteiger partial charge on any atom is -0.341 e. The van der Waals surface area contributed by atoms with Crippen molar-refractivity contribution in [3.63, 3.8) is 0 Å². The summed E-state index contributed by atoms with van der Waals surface area (Å²) in [6.45, 7) is 1.23. The number of carbonyl (C=O) groups excluding carboxylic acids is 1. The summed E-state index contributed by atoms with van der Waals surface area (Å²) in [7, 11) is 0. The molecule has 0 saturated carbocycles. The number of rotatable bonds is 6. The van der Waals surface area contributed by atoms with Crippen LogP contribution in [-0.4, -0.2) is 39.9 Å². The van der Waals surface area contributed by atoms with Crippen molar-refractivity contribution in [2.45, 2.75) is 44.1 Å². The SMILES string of the molecule is N#CCCCC(N)C(=O)N1CCC(c2nccc(-c3cccc(F)c3)n2)CC1. The van der Waals surface area contributed by atoms with E-state index in [1.54, 1.807) is 23.2 Å². The van der Waals surface area contributed by atoms with Crippen molar-refractivity contribution in [3.8, 4) is 17.3 Å². The highest BCUT2D eigenvalue weighted by atomic mass is 19.1. The highest BCUT2D eigenvalue weighted by Crippen LogP contribution is 2.27. The van der Waals surface area contributed by atoms with Gasteiger partial charge in [0.15, 0.2) is 0 Å². The maximum absolute atomic E-state index is 13.5. The molecule has 7 heteroatoms. The number of nitrogens with zero attached hydrogens (tertiary/aromatic N) is 4. The Morgan fingerprint density at radius 2 is 2.14 bits per heavy atom. The zero-order valence-electron chi connectivity index (χ0n) is 15.7. The van der Waals surface area contributed by atoms with E-state index in [1.165, 1.54) is 12.1 Å². The average Bonchev–Trinajstić information content (AvgIpc) is 2.73. The van der Waals surface area contributed by atoms with E-state index in [2.05, 4.69) is 16.0 Å². The van der Waals surface area contributed by atoms with Gasteiger partial charge >= 0.3 is 0 Å². The molecule has 1 aromatic heterocycles. The molecule has 1 aromatic carbocycles. The number of hydrogen-bond donors (Lipinski definition) is 1. The van der Waals surface area contributed by atoms with Crippen LogP contribution in [0.25, 0.3) is 11.3 Å². The molecular formula is C21H24FN5O. The zero-order valence-corrected chi connectivity index (χ0v) is 15.7. The van der Waals surface area contributed by atoms with Crippen molar-refractivity contribution < 1.29 is 9.18 Å². The predicted molar refractivity (Wildman–Crippen MR) is 103 cm³/mol. The largest absolute Gasteiger partial charge is 0.341 e. The van der Waals surface area contributed by atoms with Crippen LogP contribution < -0.4 is 5.73 Å². The molecule has 1 aliphatic heterocycles. The summed E-state index contributed by atoms with van der Waals surface area (Å²) < 4.78 is 13.5. The van der Waals surface area contributed by atoms with Crippen LogP contribution in [-0.2, 0) is 4.79 Å². The van der Waals surface area contributed by atoms with E-state index < -0.39 is 6.04 Å². The fourth-order valence-electron chi connectivity index (χ4n) is 3.50. The summed E-state index contributed by atoms with van der Waals surface area (Å²) in [6.07, 6.45) is 4.82. The van der Waals surface area contributed by atoms with Gasteiger partial charge in [-0.3, -0.25) is 4.79 Å². The molecule has 1 atom stereocenters. The van der Waals surface area contributed by atoms with Crippen molar-refractivity contribution in [1.82, 2.24) is 14.9 Å². The molecule has 0 bridgehead atoms. The second-order valence-electron chi connectivity index (χ2n) is 7.07. The third-order valence-electron chi connectivity index (χ3n) is 5.09. The molecule has 1 saturated heterocycles. The molecule has 1 aliphatic rings. The minimum absolute atomic E-state index is 0.0502. The van der Waals surface area contributed by atoms with Gasteiger partial charge in [0.2, 0.25) is 5.91 Å². The van der Waals surface area contributed by atoms with Gasteiger partial charge in [0.25, 0.3) is 0 Å². The van der Waals surface area contributed by atoms with Crippen LogP contribution in [0.2, 0.25) is 0 Å². The molecule has 6 nitrogen and oxygen atoms in total. The number of benzene rings is 1. The van der Waals surface area contributed by atoms with Crippen molar-refractivity contribution in [2.24, 2.45) is 5.73 Å². The van der Waals surface area contributed by atoms with Gasteiger partial charge in [-0.1, -0.05) is 12.1 Å². The van der Waals surface area contributed by atoms with Crippen LogP contribution in [0.5, 0.6) is 0 Å². The number of likely N-dealkylation sites (tertiary alicyclic amines) is 1. The summed E-state index contributed by atoms with van der Waals surface area (Å²) >= 11 is 0. The van der Waals surface area contributed by atoms with Crippen LogP contribution in [0.4, 0.5) is 4.39 Å². The molecule has 0 spiro atoms. The molecule has 2 heterocycles. The first kappa shape index (κ1) is 19.9. The molecule has 2 aromatic rings. The van der Waals surface area contributed by atoms with Crippen LogP contribution in [0.3, 0.4) is 0 Å². The third-order valence-corrected chi connectivity index (χ3v) is 5.09. The molecule has 3 rings (SSSR count). The maximum atomic E-state index is 13.5. The number of carbonyl (C=O) groups is 1. The van der Waals surface area contributed by atoms with Gasteiger partial charge < -0.3 is 10.6 Å². The fraction of sp³-hybridized carbons (Fsp3) is 0.429. The van der Waals surface area contributed by atoms with E-state index in [4.69, 9.17) is 11.0 Å². The highest BCUT2D eigenvalue weighted by Gasteiger charge is 2.28. The Morgan fingerprint density at radius 1 is 1.36 bits per heavy atom.